The number of amides is 1. The highest BCUT2D eigenvalue weighted by Crippen LogP contribution is 2.18. The summed E-state index contributed by atoms with van der Waals surface area (Å²) < 4.78 is 26.7. The molecule has 0 saturated heterocycles. The molecule has 1 amide bonds. The third-order valence-electron chi connectivity index (χ3n) is 2.68. The molecule has 0 aliphatic rings. The van der Waals surface area contributed by atoms with E-state index in [2.05, 4.69) is 5.32 Å². The molecule has 0 aliphatic heterocycles. The van der Waals surface area contributed by atoms with Crippen LogP contribution in [0.4, 0.5) is 14.5 Å². The molecule has 0 unspecified atom stereocenters. The van der Waals surface area contributed by atoms with E-state index in [1.54, 1.807) is 6.08 Å². The van der Waals surface area contributed by atoms with E-state index in [1.165, 1.54) is 12.1 Å². The summed E-state index contributed by atoms with van der Waals surface area (Å²) in [4.78, 5) is 11.6. The number of carbonyl (C=O) groups excluding carboxylic acids is 1. The fourth-order valence-corrected chi connectivity index (χ4v) is 1.73. The predicted octanol–water partition coefficient (Wildman–Crippen LogP) is 3.93. The Balaban J connectivity index is 2.10. The van der Waals surface area contributed by atoms with E-state index in [0.717, 1.165) is 23.3 Å². The van der Waals surface area contributed by atoms with Gasteiger partial charge < -0.3 is 5.32 Å². The number of aryl methyl sites for hydroxylation is 1. The second-order valence-electron chi connectivity index (χ2n) is 4.33. The molecule has 0 aliphatic carbocycles. The van der Waals surface area contributed by atoms with Crippen LogP contribution in [0.3, 0.4) is 0 Å². The van der Waals surface area contributed by atoms with Crippen molar-refractivity contribution in [1.82, 2.24) is 0 Å². The molecule has 2 nitrogen and oxygen atoms in total. The van der Waals surface area contributed by atoms with E-state index < -0.39 is 23.2 Å². The van der Waals surface area contributed by atoms with Crippen LogP contribution >= 0.6 is 0 Å². The Kier molecular flexibility index (Phi) is 4.25. The molecule has 0 atom stereocenters. The van der Waals surface area contributed by atoms with E-state index in [-0.39, 0.29) is 0 Å². The van der Waals surface area contributed by atoms with E-state index in [1.807, 2.05) is 31.2 Å². The third-order valence-corrected chi connectivity index (χ3v) is 2.68. The minimum atomic E-state index is -0.803. The number of hydrogen-bond acceptors (Lipinski definition) is 1. The number of carbonyl (C=O) groups is 1. The van der Waals surface area contributed by atoms with Gasteiger partial charge in [0, 0.05) is 6.08 Å². The molecule has 0 bridgehead atoms. The van der Waals surface area contributed by atoms with Gasteiger partial charge in [0.25, 0.3) is 0 Å². The van der Waals surface area contributed by atoms with Crippen molar-refractivity contribution in [2.75, 3.05) is 5.32 Å². The minimum Gasteiger partial charge on any atom is -0.318 e. The summed E-state index contributed by atoms with van der Waals surface area (Å²) in [7, 11) is 0. The Morgan fingerprint density at radius 2 is 1.75 bits per heavy atom. The van der Waals surface area contributed by atoms with Crippen molar-refractivity contribution in [2.24, 2.45) is 0 Å². The van der Waals surface area contributed by atoms with Gasteiger partial charge in [0.15, 0.2) is 0 Å². The third kappa shape index (κ3) is 3.51. The van der Waals surface area contributed by atoms with Crippen LogP contribution in [0.5, 0.6) is 0 Å². The van der Waals surface area contributed by atoms with E-state index >= 15 is 0 Å². The summed E-state index contributed by atoms with van der Waals surface area (Å²) in [5.41, 5.74) is 1.47. The number of para-hydroxylation sites is 1. The molecule has 0 aromatic heterocycles. The van der Waals surface area contributed by atoms with Gasteiger partial charge in [-0.15, -0.1) is 0 Å². The lowest BCUT2D eigenvalue weighted by Crippen LogP contribution is -2.10. The Bertz CT molecular complexity index is 645. The van der Waals surface area contributed by atoms with Gasteiger partial charge in [-0.1, -0.05) is 35.9 Å². The Morgan fingerprint density at radius 1 is 1.10 bits per heavy atom. The van der Waals surface area contributed by atoms with Crippen LogP contribution in [0.2, 0.25) is 0 Å². The highest BCUT2D eigenvalue weighted by Gasteiger charge is 2.09. The molecule has 0 heterocycles. The lowest BCUT2D eigenvalue weighted by Gasteiger charge is -2.04. The largest absolute Gasteiger partial charge is 0.318 e. The first kappa shape index (κ1) is 13.9. The zero-order valence-electron chi connectivity index (χ0n) is 10.9. The van der Waals surface area contributed by atoms with Crippen molar-refractivity contribution in [1.29, 1.82) is 0 Å². The first-order valence-corrected chi connectivity index (χ1v) is 6.06. The van der Waals surface area contributed by atoms with Crippen LogP contribution in [-0.2, 0) is 4.79 Å². The van der Waals surface area contributed by atoms with E-state index in [9.17, 15) is 13.6 Å². The van der Waals surface area contributed by atoms with Crippen molar-refractivity contribution in [3.63, 3.8) is 0 Å². The van der Waals surface area contributed by atoms with Gasteiger partial charge in [-0.3, -0.25) is 4.79 Å². The fraction of sp³-hybridized carbons (Fsp3) is 0.0625. The Hall–Kier alpha value is -2.49. The molecular weight excluding hydrogens is 260 g/mol. The van der Waals surface area contributed by atoms with Crippen LogP contribution in [0.15, 0.2) is 48.5 Å². The molecular formula is C16H13F2NO. The number of nitrogens with one attached hydrogen (secondary N) is 1. The summed E-state index contributed by atoms with van der Waals surface area (Å²) >= 11 is 0. The summed E-state index contributed by atoms with van der Waals surface area (Å²) in [6.45, 7) is 1.94. The predicted molar refractivity (Wildman–Crippen MR) is 75.2 cm³/mol. The first-order chi connectivity index (χ1) is 9.56. The SMILES string of the molecule is Cc1cccc(/C=C/C(=O)Nc2c(F)cccc2F)c1. The molecule has 2 rings (SSSR count). The summed E-state index contributed by atoms with van der Waals surface area (Å²) in [6.07, 6.45) is 2.82. The maximum atomic E-state index is 13.3. The van der Waals surface area contributed by atoms with Crippen LogP contribution in [0.25, 0.3) is 6.08 Å². The number of benzene rings is 2. The highest BCUT2D eigenvalue weighted by molar-refractivity contribution is 6.02. The van der Waals surface area contributed by atoms with Crippen LogP contribution in [0, 0.1) is 18.6 Å². The van der Waals surface area contributed by atoms with Gasteiger partial charge in [0.1, 0.15) is 17.3 Å². The maximum Gasteiger partial charge on any atom is 0.248 e. The molecule has 0 fully saturated rings. The number of anilines is 1. The van der Waals surface area contributed by atoms with Crippen LogP contribution in [-0.4, -0.2) is 5.91 Å². The monoisotopic (exact) mass is 273 g/mol. The molecule has 2 aromatic rings. The second-order valence-corrected chi connectivity index (χ2v) is 4.33. The summed E-state index contributed by atoms with van der Waals surface area (Å²) in [5.74, 6) is -2.19. The quantitative estimate of drug-likeness (QED) is 0.844. The number of hydrogen-bond donors (Lipinski definition) is 1. The highest BCUT2D eigenvalue weighted by atomic mass is 19.1. The Labute approximate surface area is 115 Å². The molecule has 4 heteroatoms. The van der Waals surface area contributed by atoms with Gasteiger partial charge in [0.2, 0.25) is 5.91 Å². The van der Waals surface area contributed by atoms with Crippen molar-refractivity contribution >= 4 is 17.7 Å². The van der Waals surface area contributed by atoms with Crippen molar-refractivity contribution in [3.05, 3.63) is 71.3 Å². The van der Waals surface area contributed by atoms with E-state index in [4.69, 9.17) is 0 Å². The molecule has 2 aromatic carbocycles. The molecule has 1 N–H and O–H groups in total. The topological polar surface area (TPSA) is 29.1 Å². The summed E-state index contributed by atoms with van der Waals surface area (Å²) in [6, 6.07) is 10.9. The zero-order chi connectivity index (χ0) is 14.5. The lowest BCUT2D eigenvalue weighted by atomic mass is 10.1. The van der Waals surface area contributed by atoms with Gasteiger partial charge >= 0.3 is 0 Å². The normalized spacial score (nSPS) is 10.8. The average Bonchev–Trinajstić information content (AvgIpc) is 2.41. The molecule has 20 heavy (non-hydrogen) atoms. The fourth-order valence-electron chi connectivity index (χ4n) is 1.73. The molecule has 102 valence electrons. The number of rotatable bonds is 3. The van der Waals surface area contributed by atoms with Gasteiger partial charge in [0.05, 0.1) is 0 Å². The number of halogens is 2. The lowest BCUT2D eigenvalue weighted by molar-refractivity contribution is -0.111. The zero-order valence-corrected chi connectivity index (χ0v) is 10.9. The van der Waals surface area contributed by atoms with Crippen molar-refractivity contribution in [3.8, 4) is 0 Å². The average molecular weight is 273 g/mol. The minimum absolute atomic E-state index is 0.439. The summed E-state index contributed by atoms with van der Waals surface area (Å²) in [5, 5.41) is 2.19. The first-order valence-electron chi connectivity index (χ1n) is 6.06. The van der Waals surface area contributed by atoms with Crippen molar-refractivity contribution in [2.45, 2.75) is 6.92 Å². The smallest absolute Gasteiger partial charge is 0.248 e. The Morgan fingerprint density at radius 3 is 2.40 bits per heavy atom. The standard InChI is InChI=1S/C16H13F2NO/c1-11-4-2-5-12(10-11)8-9-15(20)19-16-13(17)6-3-7-14(16)18/h2-10H,1H3,(H,19,20)/b9-8+. The van der Waals surface area contributed by atoms with Gasteiger partial charge in [-0.2, -0.15) is 0 Å². The van der Waals surface area contributed by atoms with Crippen LogP contribution < -0.4 is 5.32 Å². The van der Waals surface area contributed by atoms with Crippen LogP contribution in [0.1, 0.15) is 11.1 Å². The molecule has 0 radical (unpaired) electrons. The molecule has 0 spiro atoms. The maximum absolute atomic E-state index is 13.3. The van der Waals surface area contributed by atoms with Gasteiger partial charge in [-0.05, 0) is 30.7 Å². The molecule has 0 saturated carbocycles. The van der Waals surface area contributed by atoms with Gasteiger partial charge in [-0.25, -0.2) is 8.78 Å². The van der Waals surface area contributed by atoms with E-state index in [0.29, 0.717) is 0 Å². The van der Waals surface area contributed by atoms with Crippen molar-refractivity contribution < 1.29 is 13.6 Å². The second kappa shape index (κ2) is 6.10.